The van der Waals surface area contributed by atoms with Crippen molar-refractivity contribution in [3.63, 3.8) is 0 Å². The fourth-order valence-corrected chi connectivity index (χ4v) is 3.32. The predicted octanol–water partition coefficient (Wildman–Crippen LogP) is 2.11. The van der Waals surface area contributed by atoms with E-state index in [1.165, 1.54) is 4.90 Å². The third kappa shape index (κ3) is 3.35. The van der Waals surface area contributed by atoms with E-state index in [1.54, 1.807) is 6.07 Å². The largest absolute Gasteiger partial charge is 0.302 e. The van der Waals surface area contributed by atoms with Gasteiger partial charge in [0.15, 0.2) is 0 Å². The molecule has 0 N–H and O–H groups in total. The molecule has 1 aliphatic heterocycles. The molecule has 0 aromatic carbocycles. The molecule has 1 aromatic rings. The van der Waals surface area contributed by atoms with Crippen LogP contribution in [0.25, 0.3) is 0 Å². The minimum Gasteiger partial charge on any atom is -0.296 e. The zero-order valence-electron chi connectivity index (χ0n) is 11.1. The number of nitrogens with zero attached hydrogens (tertiary/aromatic N) is 2. The van der Waals surface area contributed by atoms with E-state index in [2.05, 4.69) is 20.9 Å². The molecule has 0 bridgehead atoms. The zero-order chi connectivity index (χ0) is 15.1. The van der Waals surface area contributed by atoms with Gasteiger partial charge in [0, 0.05) is 23.4 Å². The van der Waals surface area contributed by atoms with Gasteiger partial charge in [0.1, 0.15) is 5.82 Å². The average molecular weight is 365 g/mol. The molecule has 2 rings (SSSR count). The molecule has 1 fully saturated rings. The summed E-state index contributed by atoms with van der Waals surface area (Å²) < 4.78 is 34.9. The van der Waals surface area contributed by atoms with Gasteiger partial charge in [-0.1, -0.05) is 0 Å². The molecule has 2 heterocycles. The highest BCUT2D eigenvalue weighted by Crippen LogP contribution is 2.29. The third-order valence-electron chi connectivity index (χ3n) is 3.21. The minimum absolute atomic E-state index is 0.0268. The Morgan fingerprint density at radius 3 is 2.70 bits per heavy atom. The van der Waals surface area contributed by atoms with Gasteiger partial charge in [-0.25, -0.2) is 4.98 Å². The van der Waals surface area contributed by atoms with E-state index >= 15 is 0 Å². The first-order chi connectivity index (χ1) is 9.17. The van der Waals surface area contributed by atoms with E-state index in [0.717, 1.165) is 15.7 Å². The number of hydrogen-bond donors (Lipinski definition) is 0. The van der Waals surface area contributed by atoms with Crippen LogP contribution in [-0.4, -0.2) is 31.6 Å². The quantitative estimate of drug-likeness (QED) is 0.770. The highest BCUT2D eigenvalue weighted by molar-refractivity contribution is 9.10. The summed E-state index contributed by atoms with van der Waals surface area (Å²) in [5.74, 6) is -0.896. The van der Waals surface area contributed by atoms with E-state index < -0.39 is 21.9 Å². The van der Waals surface area contributed by atoms with Crippen LogP contribution in [0.4, 0.5) is 9.70 Å². The van der Waals surface area contributed by atoms with E-state index in [9.17, 15) is 17.1 Å². The summed E-state index contributed by atoms with van der Waals surface area (Å²) in [7, 11) is -4.57. The van der Waals surface area contributed by atoms with Gasteiger partial charge in [0.2, 0.25) is 5.91 Å². The van der Waals surface area contributed by atoms with Gasteiger partial charge in [-0.2, -0.15) is 8.42 Å². The van der Waals surface area contributed by atoms with Crippen LogP contribution in [-0.2, 0) is 15.0 Å². The molecule has 110 valence electrons. The lowest BCUT2D eigenvalue weighted by molar-refractivity contribution is -0.117. The van der Waals surface area contributed by atoms with Crippen molar-refractivity contribution in [2.45, 2.75) is 20.3 Å². The smallest absolute Gasteiger partial charge is 0.296 e. The molecule has 5 nitrogen and oxygen atoms in total. The fraction of sp³-hybridized carbons (Fsp3) is 0.500. The van der Waals surface area contributed by atoms with E-state index in [1.807, 2.05) is 13.8 Å². The topological polar surface area (TPSA) is 67.3 Å². The first kappa shape index (κ1) is 15.4. The second-order valence-electron chi connectivity index (χ2n) is 4.98. The molecular weight excluding hydrogens is 351 g/mol. The van der Waals surface area contributed by atoms with Gasteiger partial charge in [-0.3, -0.25) is 9.69 Å². The van der Waals surface area contributed by atoms with Crippen molar-refractivity contribution in [2.75, 3.05) is 17.2 Å². The lowest BCUT2D eigenvalue weighted by atomic mass is 10.1. The summed E-state index contributed by atoms with van der Waals surface area (Å²) in [6.45, 7) is 3.87. The molecule has 1 aromatic heterocycles. The molecule has 20 heavy (non-hydrogen) atoms. The number of anilines is 1. The number of pyridine rings is 1. The lowest BCUT2D eigenvalue weighted by Crippen LogP contribution is -2.26. The fourth-order valence-electron chi connectivity index (χ4n) is 2.33. The van der Waals surface area contributed by atoms with E-state index in [-0.39, 0.29) is 18.9 Å². The Hall–Kier alpha value is -1.02. The van der Waals surface area contributed by atoms with Crippen molar-refractivity contribution in [1.82, 2.24) is 4.98 Å². The van der Waals surface area contributed by atoms with Crippen molar-refractivity contribution in [2.24, 2.45) is 5.92 Å². The molecular formula is C12H14BrFN2O3S. The Labute approximate surface area is 125 Å². The Bertz CT molecular complexity index is 640. The molecule has 1 aliphatic rings. The summed E-state index contributed by atoms with van der Waals surface area (Å²) in [5, 5.41) is 0. The predicted molar refractivity (Wildman–Crippen MR) is 76.8 cm³/mol. The summed E-state index contributed by atoms with van der Waals surface area (Å²) in [5.41, 5.74) is 1.68. The van der Waals surface area contributed by atoms with Crippen LogP contribution < -0.4 is 4.90 Å². The molecule has 0 aliphatic carbocycles. The maximum atomic E-state index is 12.7. The van der Waals surface area contributed by atoms with Crippen LogP contribution in [0.15, 0.2) is 10.5 Å². The van der Waals surface area contributed by atoms with Crippen LogP contribution >= 0.6 is 15.9 Å². The van der Waals surface area contributed by atoms with Gasteiger partial charge in [-0.15, -0.1) is 3.89 Å². The Morgan fingerprint density at radius 1 is 1.50 bits per heavy atom. The number of hydrogen-bond acceptors (Lipinski definition) is 4. The average Bonchev–Trinajstić information content (AvgIpc) is 2.63. The molecule has 8 heteroatoms. The lowest BCUT2D eigenvalue weighted by Gasteiger charge is -2.17. The van der Waals surface area contributed by atoms with E-state index in [4.69, 9.17) is 0 Å². The minimum atomic E-state index is -4.57. The Morgan fingerprint density at radius 2 is 2.15 bits per heavy atom. The molecule has 0 spiro atoms. The van der Waals surface area contributed by atoms with Gasteiger partial charge >= 0.3 is 10.2 Å². The van der Waals surface area contributed by atoms with Crippen molar-refractivity contribution >= 4 is 37.9 Å². The molecule has 0 saturated carbocycles. The molecule has 1 saturated heterocycles. The maximum Gasteiger partial charge on any atom is 0.302 e. The summed E-state index contributed by atoms with van der Waals surface area (Å²) in [4.78, 5) is 17.7. The van der Waals surface area contributed by atoms with Crippen LogP contribution in [0.5, 0.6) is 0 Å². The van der Waals surface area contributed by atoms with Crippen molar-refractivity contribution in [3.05, 3.63) is 21.8 Å². The second-order valence-corrected chi connectivity index (χ2v) is 7.18. The summed E-state index contributed by atoms with van der Waals surface area (Å²) in [6, 6.07) is 1.75. The number of carbonyl (C=O) groups is 1. The Kier molecular flexibility index (Phi) is 4.15. The van der Waals surface area contributed by atoms with Crippen LogP contribution in [0.3, 0.4) is 0 Å². The third-order valence-corrected chi connectivity index (χ3v) is 5.28. The van der Waals surface area contributed by atoms with E-state index in [0.29, 0.717) is 5.82 Å². The monoisotopic (exact) mass is 364 g/mol. The molecule has 1 atom stereocenters. The molecule has 1 unspecified atom stereocenters. The highest BCUT2D eigenvalue weighted by Gasteiger charge is 2.34. The van der Waals surface area contributed by atoms with Crippen LogP contribution in [0, 0.1) is 19.8 Å². The normalized spacial score (nSPS) is 19.7. The number of carbonyl (C=O) groups excluding carboxylic acids is 1. The van der Waals surface area contributed by atoms with Crippen LogP contribution in [0.2, 0.25) is 0 Å². The summed E-state index contributed by atoms with van der Waals surface area (Å²) >= 11 is 3.39. The van der Waals surface area contributed by atoms with Crippen molar-refractivity contribution < 1.29 is 17.1 Å². The number of halogens is 2. The van der Waals surface area contributed by atoms with Crippen molar-refractivity contribution in [1.29, 1.82) is 0 Å². The second kappa shape index (κ2) is 5.40. The summed E-state index contributed by atoms with van der Waals surface area (Å²) in [6.07, 6.45) is 0.0268. The molecule has 1 amide bonds. The van der Waals surface area contributed by atoms with Gasteiger partial charge in [-0.05, 0) is 41.4 Å². The first-order valence-electron chi connectivity index (χ1n) is 6.04. The van der Waals surface area contributed by atoms with Crippen molar-refractivity contribution in [3.8, 4) is 0 Å². The SMILES string of the molecule is Cc1cc(N2CC(CS(=O)(=O)F)CC2=O)nc(C)c1Br. The number of rotatable bonds is 3. The van der Waals surface area contributed by atoms with Crippen LogP contribution in [0.1, 0.15) is 17.7 Å². The highest BCUT2D eigenvalue weighted by atomic mass is 79.9. The molecule has 0 radical (unpaired) electrons. The zero-order valence-corrected chi connectivity index (χ0v) is 13.5. The number of aryl methyl sites for hydroxylation is 2. The van der Waals surface area contributed by atoms with Gasteiger partial charge in [0.25, 0.3) is 0 Å². The number of aromatic nitrogens is 1. The van der Waals surface area contributed by atoms with Gasteiger partial charge in [0.05, 0.1) is 11.4 Å². The number of amides is 1. The maximum absolute atomic E-state index is 12.7. The Balaban J connectivity index is 2.24. The first-order valence-corrected chi connectivity index (χ1v) is 8.38. The standard InChI is InChI=1S/C12H14BrFN2O3S/c1-7-3-10(15-8(2)12(7)13)16-5-9(4-11(16)17)6-20(14,18)19/h3,9H,4-6H2,1-2H3. The van der Waals surface area contributed by atoms with Gasteiger partial charge < -0.3 is 0 Å².